The molecular weight excluding hydrogens is 258 g/mol. The first kappa shape index (κ1) is 14.7. The van der Waals surface area contributed by atoms with Crippen LogP contribution in [-0.2, 0) is 4.74 Å². The van der Waals surface area contributed by atoms with Crippen LogP contribution in [0.5, 0.6) is 0 Å². The SMILES string of the molecule is CCN1CCOC(CNc2cc(C(=O)O)cc(C)n2)C1. The van der Waals surface area contributed by atoms with Gasteiger partial charge in [0.15, 0.2) is 0 Å². The van der Waals surface area contributed by atoms with E-state index in [4.69, 9.17) is 9.84 Å². The highest BCUT2D eigenvalue weighted by Crippen LogP contribution is 2.12. The summed E-state index contributed by atoms with van der Waals surface area (Å²) >= 11 is 0. The summed E-state index contributed by atoms with van der Waals surface area (Å²) in [7, 11) is 0. The Morgan fingerprint density at radius 3 is 3.10 bits per heavy atom. The largest absolute Gasteiger partial charge is 0.478 e. The predicted octanol–water partition coefficient (Wildman–Crippen LogP) is 1.22. The van der Waals surface area contributed by atoms with Crippen LogP contribution in [-0.4, -0.2) is 59.8 Å². The highest BCUT2D eigenvalue weighted by Gasteiger charge is 2.19. The number of aromatic carboxylic acids is 1. The van der Waals surface area contributed by atoms with Gasteiger partial charge in [0.05, 0.1) is 18.3 Å². The van der Waals surface area contributed by atoms with Crippen molar-refractivity contribution in [2.75, 3.05) is 38.1 Å². The first-order valence-electron chi connectivity index (χ1n) is 6.88. The molecule has 2 rings (SSSR count). The lowest BCUT2D eigenvalue weighted by atomic mass is 10.2. The molecule has 2 heterocycles. The van der Waals surface area contributed by atoms with Gasteiger partial charge in [-0.25, -0.2) is 9.78 Å². The second-order valence-corrected chi connectivity index (χ2v) is 4.95. The lowest BCUT2D eigenvalue weighted by molar-refractivity contribution is -0.0192. The lowest BCUT2D eigenvalue weighted by Crippen LogP contribution is -2.45. The average Bonchev–Trinajstić information content (AvgIpc) is 2.44. The third kappa shape index (κ3) is 3.91. The van der Waals surface area contributed by atoms with Gasteiger partial charge in [0.1, 0.15) is 5.82 Å². The zero-order valence-corrected chi connectivity index (χ0v) is 11.9. The average molecular weight is 279 g/mol. The summed E-state index contributed by atoms with van der Waals surface area (Å²) < 4.78 is 5.69. The van der Waals surface area contributed by atoms with Gasteiger partial charge in [0.25, 0.3) is 0 Å². The summed E-state index contributed by atoms with van der Waals surface area (Å²) in [5.74, 6) is -0.357. The maximum atomic E-state index is 11.0. The van der Waals surface area contributed by atoms with Gasteiger partial charge in [-0.05, 0) is 25.6 Å². The highest BCUT2D eigenvalue weighted by atomic mass is 16.5. The Hall–Kier alpha value is -1.66. The van der Waals surface area contributed by atoms with Crippen LogP contribution in [0.2, 0.25) is 0 Å². The molecule has 1 aromatic heterocycles. The third-order valence-electron chi connectivity index (χ3n) is 3.38. The van der Waals surface area contributed by atoms with Crippen LogP contribution >= 0.6 is 0 Å². The molecule has 110 valence electrons. The smallest absolute Gasteiger partial charge is 0.335 e. The van der Waals surface area contributed by atoms with Crippen molar-refractivity contribution in [2.45, 2.75) is 20.0 Å². The molecule has 0 saturated carbocycles. The van der Waals surface area contributed by atoms with Gasteiger partial charge in [0.2, 0.25) is 0 Å². The molecule has 0 bridgehead atoms. The molecular formula is C14H21N3O3. The van der Waals surface area contributed by atoms with Crippen LogP contribution in [0.25, 0.3) is 0 Å². The minimum atomic E-state index is -0.940. The minimum Gasteiger partial charge on any atom is -0.478 e. The summed E-state index contributed by atoms with van der Waals surface area (Å²) in [5, 5.41) is 12.2. The quantitative estimate of drug-likeness (QED) is 0.844. The fourth-order valence-corrected chi connectivity index (χ4v) is 2.29. The molecule has 0 radical (unpaired) electrons. The number of ether oxygens (including phenoxy) is 1. The van der Waals surface area contributed by atoms with Crippen LogP contribution < -0.4 is 5.32 Å². The zero-order chi connectivity index (χ0) is 14.5. The topological polar surface area (TPSA) is 74.7 Å². The highest BCUT2D eigenvalue weighted by molar-refractivity contribution is 5.88. The Bertz CT molecular complexity index is 479. The van der Waals surface area contributed by atoms with E-state index < -0.39 is 5.97 Å². The number of anilines is 1. The molecule has 6 nitrogen and oxygen atoms in total. The van der Waals surface area contributed by atoms with E-state index in [0.717, 1.165) is 26.2 Å². The Morgan fingerprint density at radius 1 is 1.60 bits per heavy atom. The molecule has 1 aliphatic heterocycles. The molecule has 0 aromatic carbocycles. The summed E-state index contributed by atoms with van der Waals surface area (Å²) in [6, 6.07) is 3.11. The molecule has 1 unspecified atom stereocenters. The van der Waals surface area contributed by atoms with E-state index in [9.17, 15) is 4.79 Å². The first-order chi connectivity index (χ1) is 9.58. The predicted molar refractivity (Wildman–Crippen MR) is 76.3 cm³/mol. The molecule has 1 atom stereocenters. The number of aromatic nitrogens is 1. The molecule has 0 amide bonds. The fraction of sp³-hybridized carbons (Fsp3) is 0.571. The molecule has 6 heteroatoms. The van der Waals surface area contributed by atoms with Crippen molar-refractivity contribution < 1.29 is 14.6 Å². The number of rotatable bonds is 5. The maximum absolute atomic E-state index is 11.0. The number of nitrogens with zero attached hydrogens (tertiary/aromatic N) is 2. The number of nitrogens with one attached hydrogen (secondary N) is 1. The standard InChI is InChI=1S/C14H21N3O3/c1-3-17-4-5-20-12(9-17)8-15-13-7-11(14(18)19)6-10(2)16-13/h6-7,12H,3-5,8-9H2,1-2H3,(H,15,16)(H,18,19). The molecule has 0 aliphatic carbocycles. The van der Waals surface area contributed by atoms with Crippen molar-refractivity contribution >= 4 is 11.8 Å². The van der Waals surface area contributed by atoms with Crippen LogP contribution in [0.3, 0.4) is 0 Å². The number of morpholine rings is 1. The maximum Gasteiger partial charge on any atom is 0.335 e. The van der Waals surface area contributed by atoms with E-state index in [1.54, 1.807) is 19.1 Å². The summed E-state index contributed by atoms with van der Waals surface area (Å²) in [4.78, 5) is 17.6. The van der Waals surface area contributed by atoms with Crippen molar-refractivity contribution in [2.24, 2.45) is 0 Å². The van der Waals surface area contributed by atoms with Gasteiger partial charge in [-0.2, -0.15) is 0 Å². The van der Waals surface area contributed by atoms with E-state index >= 15 is 0 Å². The van der Waals surface area contributed by atoms with Crippen molar-refractivity contribution in [3.8, 4) is 0 Å². The molecule has 1 aromatic rings. The number of aryl methyl sites for hydroxylation is 1. The Balaban J connectivity index is 1.95. The normalized spacial score (nSPS) is 19.8. The molecule has 1 fully saturated rings. The Morgan fingerprint density at radius 2 is 2.40 bits per heavy atom. The number of hydrogen-bond donors (Lipinski definition) is 2. The molecule has 1 saturated heterocycles. The molecule has 20 heavy (non-hydrogen) atoms. The van der Waals surface area contributed by atoms with Crippen molar-refractivity contribution in [3.05, 3.63) is 23.4 Å². The summed E-state index contributed by atoms with van der Waals surface area (Å²) in [6.07, 6.45) is 0.110. The van der Waals surface area contributed by atoms with Crippen molar-refractivity contribution in [1.29, 1.82) is 0 Å². The van der Waals surface area contributed by atoms with Gasteiger partial charge >= 0.3 is 5.97 Å². The lowest BCUT2D eigenvalue weighted by Gasteiger charge is -2.32. The summed E-state index contributed by atoms with van der Waals surface area (Å²) in [6.45, 7) is 8.17. The first-order valence-corrected chi connectivity index (χ1v) is 6.88. The zero-order valence-electron chi connectivity index (χ0n) is 11.9. The monoisotopic (exact) mass is 279 g/mol. The molecule has 1 aliphatic rings. The number of carboxylic acid groups (broad SMARTS) is 1. The minimum absolute atomic E-state index is 0.110. The Kier molecular flexibility index (Phi) is 4.92. The van der Waals surface area contributed by atoms with Gasteiger partial charge in [-0.1, -0.05) is 6.92 Å². The van der Waals surface area contributed by atoms with E-state index in [0.29, 0.717) is 18.1 Å². The van der Waals surface area contributed by atoms with Gasteiger partial charge < -0.3 is 15.2 Å². The second kappa shape index (κ2) is 6.67. The van der Waals surface area contributed by atoms with Gasteiger partial charge in [-0.15, -0.1) is 0 Å². The van der Waals surface area contributed by atoms with E-state index in [2.05, 4.69) is 22.1 Å². The molecule has 2 N–H and O–H groups in total. The van der Waals surface area contributed by atoms with Crippen LogP contribution in [0.1, 0.15) is 23.0 Å². The van der Waals surface area contributed by atoms with Gasteiger partial charge in [-0.3, -0.25) is 4.90 Å². The van der Waals surface area contributed by atoms with E-state index in [1.165, 1.54) is 0 Å². The van der Waals surface area contributed by atoms with Crippen LogP contribution in [0.15, 0.2) is 12.1 Å². The number of carbonyl (C=O) groups is 1. The van der Waals surface area contributed by atoms with Crippen molar-refractivity contribution in [1.82, 2.24) is 9.88 Å². The number of pyridine rings is 1. The number of hydrogen-bond acceptors (Lipinski definition) is 5. The van der Waals surface area contributed by atoms with E-state index in [-0.39, 0.29) is 11.7 Å². The molecule has 0 spiro atoms. The number of carboxylic acids is 1. The Labute approximate surface area is 118 Å². The number of likely N-dealkylation sites (N-methyl/N-ethyl adjacent to an activating group) is 1. The second-order valence-electron chi connectivity index (χ2n) is 4.95. The van der Waals surface area contributed by atoms with Crippen LogP contribution in [0.4, 0.5) is 5.82 Å². The fourth-order valence-electron chi connectivity index (χ4n) is 2.29. The summed E-state index contributed by atoms with van der Waals surface area (Å²) in [5.41, 5.74) is 0.937. The van der Waals surface area contributed by atoms with Crippen LogP contribution in [0, 0.1) is 6.92 Å². The van der Waals surface area contributed by atoms with Gasteiger partial charge in [0, 0.05) is 25.3 Å². The van der Waals surface area contributed by atoms with Crippen molar-refractivity contribution in [3.63, 3.8) is 0 Å². The van der Waals surface area contributed by atoms with E-state index in [1.807, 2.05) is 0 Å². The third-order valence-corrected chi connectivity index (χ3v) is 3.38.